The van der Waals surface area contributed by atoms with Gasteiger partial charge in [0.2, 0.25) is 0 Å². The average molecular weight is 178 g/mol. The van der Waals surface area contributed by atoms with Gasteiger partial charge in [0, 0.05) is 25.3 Å². The number of allylic oxidation sites excluding steroid dienone is 1. The highest BCUT2D eigenvalue weighted by Crippen LogP contribution is 2.25. The zero-order valence-corrected chi connectivity index (χ0v) is 7.47. The Bertz CT molecular complexity index is 448. The van der Waals surface area contributed by atoms with Gasteiger partial charge >= 0.3 is 0 Å². The first-order valence-corrected chi connectivity index (χ1v) is 5.39. The van der Waals surface area contributed by atoms with E-state index in [0.717, 1.165) is 0 Å². The standard InChI is InChI=1S/C9H6S2/c1-2-6-7(3-1)11-8-4-5-10-9(6)8/h1-4H,5H2. The van der Waals surface area contributed by atoms with Gasteiger partial charge in [-0.05, 0) is 6.08 Å². The molecule has 0 atom stereocenters. The number of fused-ring (bicyclic) bond motifs is 3. The van der Waals surface area contributed by atoms with Crippen LogP contribution in [0.25, 0.3) is 18.2 Å². The Balaban J connectivity index is 2.53. The Morgan fingerprint density at radius 2 is 2.27 bits per heavy atom. The highest BCUT2D eigenvalue weighted by Gasteiger charge is 2.13. The van der Waals surface area contributed by atoms with Crippen LogP contribution in [-0.2, 0) is 0 Å². The lowest BCUT2D eigenvalue weighted by molar-refractivity contribution is 1.49. The van der Waals surface area contributed by atoms with E-state index < -0.39 is 0 Å². The van der Waals surface area contributed by atoms with Crippen LogP contribution in [0.2, 0.25) is 0 Å². The van der Waals surface area contributed by atoms with Crippen LogP contribution in [0.4, 0.5) is 0 Å². The first-order chi connectivity index (χ1) is 5.45. The molecule has 0 bridgehead atoms. The van der Waals surface area contributed by atoms with Crippen molar-refractivity contribution >= 4 is 41.3 Å². The lowest BCUT2D eigenvalue weighted by atomic mass is 10.3. The minimum atomic E-state index is 1.17. The molecule has 1 aromatic rings. The van der Waals surface area contributed by atoms with E-state index in [0.29, 0.717) is 0 Å². The Morgan fingerprint density at radius 1 is 1.27 bits per heavy atom. The van der Waals surface area contributed by atoms with E-state index in [4.69, 9.17) is 0 Å². The van der Waals surface area contributed by atoms with Gasteiger partial charge in [-0.25, -0.2) is 0 Å². The van der Waals surface area contributed by atoms with Crippen LogP contribution in [0.5, 0.6) is 0 Å². The highest BCUT2D eigenvalue weighted by atomic mass is 32.2. The number of thiophene rings is 1. The van der Waals surface area contributed by atoms with Crippen LogP contribution in [-0.4, -0.2) is 5.75 Å². The molecular formula is C9H6S2. The van der Waals surface area contributed by atoms with Crippen LogP contribution < -0.4 is 9.06 Å². The molecule has 0 fully saturated rings. The molecule has 0 unspecified atom stereocenters. The van der Waals surface area contributed by atoms with Gasteiger partial charge in [-0.3, -0.25) is 0 Å². The molecule has 3 rings (SSSR count). The van der Waals surface area contributed by atoms with E-state index >= 15 is 0 Å². The van der Waals surface area contributed by atoms with Gasteiger partial charge in [-0.15, -0.1) is 23.1 Å². The summed E-state index contributed by atoms with van der Waals surface area (Å²) >= 11 is 3.88. The molecule has 54 valence electrons. The van der Waals surface area contributed by atoms with E-state index in [9.17, 15) is 0 Å². The maximum atomic E-state index is 2.32. The van der Waals surface area contributed by atoms with Crippen LogP contribution in [0, 0.1) is 0 Å². The summed E-state index contributed by atoms with van der Waals surface area (Å²) in [6, 6.07) is 0. The summed E-state index contributed by atoms with van der Waals surface area (Å²) in [5.74, 6) is 1.17. The molecule has 11 heavy (non-hydrogen) atoms. The SMILES string of the molecule is C1=Cc2c3c(sc2=C1)=CCS3. The van der Waals surface area contributed by atoms with Crippen molar-refractivity contribution in [2.24, 2.45) is 0 Å². The second kappa shape index (κ2) is 2.02. The van der Waals surface area contributed by atoms with Crippen molar-refractivity contribution < 1.29 is 0 Å². The molecule has 2 heteroatoms. The van der Waals surface area contributed by atoms with E-state index in [1.807, 2.05) is 23.1 Å². The first-order valence-electron chi connectivity index (χ1n) is 3.59. The third-order valence-electron chi connectivity index (χ3n) is 1.96. The van der Waals surface area contributed by atoms with Crippen molar-refractivity contribution in [3.8, 4) is 0 Å². The molecule has 1 aliphatic carbocycles. The fourth-order valence-corrected chi connectivity index (χ4v) is 3.94. The number of rotatable bonds is 0. The third-order valence-corrected chi connectivity index (χ3v) is 4.32. The van der Waals surface area contributed by atoms with Gasteiger partial charge in [0.05, 0.1) is 0 Å². The molecule has 2 aliphatic rings. The quantitative estimate of drug-likeness (QED) is 0.579. The lowest BCUT2D eigenvalue weighted by Crippen LogP contribution is -1.91. The number of hydrogen-bond acceptors (Lipinski definition) is 2. The normalized spacial score (nSPS) is 17.5. The third kappa shape index (κ3) is 0.713. The highest BCUT2D eigenvalue weighted by molar-refractivity contribution is 8.00. The van der Waals surface area contributed by atoms with Gasteiger partial charge in [0.1, 0.15) is 0 Å². The van der Waals surface area contributed by atoms with E-state index in [1.54, 1.807) is 0 Å². The molecule has 0 saturated heterocycles. The minimum absolute atomic E-state index is 1.17. The number of hydrogen-bond donors (Lipinski definition) is 0. The van der Waals surface area contributed by atoms with E-state index in [2.05, 4.69) is 24.3 Å². The van der Waals surface area contributed by atoms with E-state index in [-0.39, 0.29) is 0 Å². The van der Waals surface area contributed by atoms with Gasteiger partial charge < -0.3 is 0 Å². The summed E-state index contributed by atoms with van der Waals surface area (Å²) in [5, 5.41) is 0. The predicted molar refractivity (Wildman–Crippen MR) is 52.3 cm³/mol. The molecular weight excluding hydrogens is 172 g/mol. The van der Waals surface area contributed by atoms with Crippen molar-refractivity contribution in [3.63, 3.8) is 0 Å². The maximum absolute atomic E-state index is 2.32. The molecule has 0 aromatic carbocycles. The van der Waals surface area contributed by atoms with Crippen molar-refractivity contribution in [2.45, 2.75) is 4.90 Å². The first kappa shape index (κ1) is 6.09. The van der Waals surface area contributed by atoms with Crippen molar-refractivity contribution in [3.05, 3.63) is 20.7 Å². The molecule has 0 nitrogen and oxygen atoms in total. The minimum Gasteiger partial charge on any atom is -0.135 e. The van der Waals surface area contributed by atoms with Gasteiger partial charge in [0.15, 0.2) is 0 Å². The summed E-state index contributed by atoms with van der Waals surface area (Å²) in [6.45, 7) is 0. The van der Waals surface area contributed by atoms with Gasteiger partial charge in [-0.1, -0.05) is 18.2 Å². The predicted octanol–water partition coefficient (Wildman–Crippen LogP) is 1.44. The Labute approximate surface area is 72.9 Å². The molecule has 0 amide bonds. The smallest absolute Gasteiger partial charge is 0.0387 e. The fourth-order valence-electron chi connectivity index (χ4n) is 1.46. The van der Waals surface area contributed by atoms with Crippen LogP contribution in [0.15, 0.2) is 11.0 Å². The Morgan fingerprint density at radius 3 is 3.27 bits per heavy atom. The fraction of sp³-hybridized carbons (Fsp3) is 0.111. The maximum Gasteiger partial charge on any atom is 0.0387 e. The molecule has 2 heterocycles. The van der Waals surface area contributed by atoms with Gasteiger partial charge in [0.25, 0.3) is 0 Å². The summed E-state index contributed by atoms with van der Waals surface area (Å²) in [7, 11) is 0. The van der Waals surface area contributed by atoms with Gasteiger partial charge in [-0.2, -0.15) is 0 Å². The number of thioether (sulfide) groups is 1. The van der Waals surface area contributed by atoms with Crippen molar-refractivity contribution in [1.29, 1.82) is 0 Å². The van der Waals surface area contributed by atoms with Crippen LogP contribution in [0.1, 0.15) is 5.56 Å². The average Bonchev–Trinajstić information content (AvgIpc) is 2.52. The molecule has 0 saturated carbocycles. The zero-order valence-electron chi connectivity index (χ0n) is 5.83. The Kier molecular flexibility index (Phi) is 1.12. The largest absolute Gasteiger partial charge is 0.135 e. The summed E-state index contributed by atoms with van der Waals surface area (Å²) < 4.78 is 2.93. The van der Waals surface area contributed by atoms with Crippen molar-refractivity contribution in [2.75, 3.05) is 5.75 Å². The molecule has 0 N–H and O–H groups in total. The second-order valence-corrected chi connectivity index (χ2v) is 4.73. The lowest BCUT2D eigenvalue weighted by Gasteiger charge is -1.88. The topological polar surface area (TPSA) is 0 Å². The second-order valence-electron chi connectivity index (χ2n) is 2.61. The summed E-state index contributed by atoms with van der Waals surface area (Å²) in [6.07, 6.45) is 8.88. The Hall–Kier alpha value is -0.470. The summed E-state index contributed by atoms with van der Waals surface area (Å²) in [5.41, 5.74) is 1.46. The molecule has 0 radical (unpaired) electrons. The van der Waals surface area contributed by atoms with Crippen molar-refractivity contribution in [1.82, 2.24) is 0 Å². The van der Waals surface area contributed by atoms with Crippen LogP contribution >= 0.6 is 23.1 Å². The molecule has 1 aromatic heterocycles. The van der Waals surface area contributed by atoms with E-state index in [1.165, 1.54) is 25.3 Å². The zero-order chi connectivity index (χ0) is 7.26. The molecule has 1 aliphatic heterocycles. The van der Waals surface area contributed by atoms with Crippen LogP contribution in [0.3, 0.4) is 0 Å². The summed E-state index contributed by atoms with van der Waals surface area (Å²) in [4.78, 5) is 1.51. The monoisotopic (exact) mass is 178 g/mol. The molecule has 0 spiro atoms.